The molecule has 8 heteroatoms. The van der Waals surface area contributed by atoms with Gasteiger partial charge in [-0.15, -0.1) is 0 Å². The Kier molecular flexibility index (Phi) is 9.33. The van der Waals surface area contributed by atoms with E-state index in [4.69, 9.17) is 15.2 Å². The molecule has 3 aromatic rings. The van der Waals surface area contributed by atoms with Crippen LogP contribution >= 0.6 is 0 Å². The highest BCUT2D eigenvalue weighted by Gasteiger charge is 2.23. The number of hydrogen-bond acceptors (Lipinski definition) is 6. The van der Waals surface area contributed by atoms with Crippen molar-refractivity contribution in [2.45, 2.75) is 52.6 Å². The summed E-state index contributed by atoms with van der Waals surface area (Å²) in [5, 5.41) is 4.68. The van der Waals surface area contributed by atoms with Gasteiger partial charge in [0.1, 0.15) is 17.2 Å². The third kappa shape index (κ3) is 8.10. The number of nitrogens with zero attached hydrogens (tertiary/aromatic N) is 1. The van der Waals surface area contributed by atoms with Gasteiger partial charge in [0.2, 0.25) is 0 Å². The summed E-state index contributed by atoms with van der Waals surface area (Å²) in [6, 6.07) is 15.9. The number of nitrogens with two attached hydrogens (primary N) is 1. The third-order valence-corrected chi connectivity index (χ3v) is 6.31. The van der Waals surface area contributed by atoms with E-state index in [0.717, 1.165) is 46.9 Å². The average Bonchev–Trinajstić information content (AvgIpc) is 2.85. The number of methoxy groups -OCH3 is 1. The molecule has 3 N–H and O–H groups in total. The van der Waals surface area contributed by atoms with E-state index in [1.54, 1.807) is 6.20 Å². The van der Waals surface area contributed by atoms with Gasteiger partial charge in [-0.1, -0.05) is 44.2 Å². The van der Waals surface area contributed by atoms with Gasteiger partial charge in [0.25, 0.3) is 0 Å². The summed E-state index contributed by atoms with van der Waals surface area (Å²) in [7, 11) is 1.31. The maximum atomic E-state index is 11.6. The van der Waals surface area contributed by atoms with Gasteiger partial charge >= 0.3 is 12.2 Å². The molecule has 0 bridgehead atoms. The molecule has 2 unspecified atom stereocenters. The van der Waals surface area contributed by atoms with Gasteiger partial charge in [-0.25, -0.2) is 14.6 Å². The van der Waals surface area contributed by atoms with Crippen LogP contribution in [0.15, 0.2) is 54.7 Å². The Morgan fingerprint density at radius 3 is 2.49 bits per heavy atom. The highest BCUT2D eigenvalue weighted by atomic mass is 16.6. The summed E-state index contributed by atoms with van der Waals surface area (Å²) in [4.78, 5) is 26.9. The zero-order valence-corrected chi connectivity index (χ0v) is 22.2. The first-order valence-corrected chi connectivity index (χ1v) is 12.5. The van der Waals surface area contributed by atoms with Crippen LogP contribution in [0.1, 0.15) is 47.0 Å². The van der Waals surface area contributed by atoms with Crippen molar-refractivity contribution in [2.75, 3.05) is 19.0 Å². The number of anilines is 1. The van der Waals surface area contributed by atoms with Gasteiger partial charge in [0.05, 0.1) is 13.7 Å². The van der Waals surface area contributed by atoms with E-state index in [1.165, 1.54) is 7.11 Å². The first-order chi connectivity index (χ1) is 17.6. The van der Waals surface area contributed by atoms with Crippen LogP contribution in [-0.2, 0) is 9.47 Å². The number of fused-ring (bicyclic) bond motifs is 1. The maximum Gasteiger partial charge on any atom is 0.412 e. The van der Waals surface area contributed by atoms with Crippen molar-refractivity contribution >= 4 is 28.8 Å². The zero-order valence-electron chi connectivity index (χ0n) is 22.2. The van der Waals surface area contributed by atoms with Gasteiger partial charge < -0.3 is 19.9 Å². The summed E-state index contributed by atoms with van der Waals surface area (Å²) >= 11 is 0. The molecule has 0 radical (unpaired) electrons. The van der Waals surface area contributed by atoms with E-state index >= 15 is 0 Å². The minimum absolute atomic E-state index is 0.348. The fourth-order valence-electron chi connectivity index (χ4n) is 4.49. The van der Waals surface area contributed by atoms with Crippen LogP contribution in [0.3, 0.4) is 0 Å². The molecule has 0 spiro atoms. The predicted molar refractivity (Wildman–Crippen MR) is 146 cm³/mol. The lowest BCUT2D eigenvalue weighted by atomic mass is 9.90. The van der Waals surface area contributed by atoms with Gasteiger partial charge in [-0.3, -0.25) is 5.32 Å². The smallest absolute Gasteiger partial charge is 0.412 e. The lowest BCUT2D eigenvalue weighted by Crippen LogP contribution is -2.31. The number of carbonyl (C=O) groups excluding carboxylic acids is 2. The average molecular weight is 508 g/mol. The molecule has 0 saturated carbocycles. The molecule has 1 aromatic heterocycles. The van der Waals surface area contributed by atoms with Crippen molar-refractivity contribution in [3.05, 3.63) is 54.7 Å². The number of benzene rings is 2. The number of rotatable bonds is 11. The highest BCUT2D eigenvalue weighted by Crippen LogP contribution is 2.35. The Hall–Kier alpha value is -3.81. The summed E-state index contributed by atoms with van der Waals surface area (Å²) in [5.41, 5.74) is 6.55. The van der Waals surface area contributed by atoms with Crippen molar-refractivity contribution in [1.82, 2.24) is 4.98 Å². The number of carbonyl (C=O) groups is 2. The molecule has 2 aromatic carbocycles. The van der Waals surface area contributed by atoms with Gasteiger partial charge in [0.15, 0.2) is 0 Å². The normalized spacial score (nSPS) is 13.0. The Balaban J connectivity index is 1.67. The van der Waals surface area contributed by atoms with Crippen LogP contribution in [0.2, 0.25) is 0 Å². The summed E-state index contributed by atoms with van der Waals surface area (Å²) in [5.74, 6) is 2.05. The predicted octanol–water partition coefficient (Wildman–Crippen LogP) is 6.78. The van der Waals surface area contributed by atoms with E-state index in [9.17, 15) is 9.59 Å². The molecule has 2 atom stereocenters. The second-order valence-electron chi connectivity index (χ2n) is 10.2. The minimum atomic E-state index is -0.736. The highest BCUT2D eigenvalue weighted by molar-refractivity contribution is 6.00. The molecule has 3 rings (SSSR count). The zero-order chi connectivity index (χ0) is 27.0. The summed E-state index contributed by atoms with van der Waals surface area (Å²) < 4.78 is 16.2. The van der Waals surface area contributed by atoms with Gasteiger partial charge in [0, 0.05) is 11.6 Å². The molecular weight excluding hydrogens is 470 g/mol. The van der Waals surface area contributed by atoms with Gasteiger partial charge in [-0.05, 0) is 79.7 Å². The summed E-state index contributed by atoms with van der Waals surface area (Å²) in [6.45, 7) is 8.75. The third-order valence-electron chi connectivity index (χ3n) is 6.31. The molecule has 8 nitrogen and oxygen atoms in total. The van der Waals surface area contributed by atoms with Gasteiger partial charge in [-0.2, -0.15) is 0 Å². The Morgan fingerprint density at radius 2 is 1.78 bits per heavy atom. The molecule has 2 amide bonds. The minimum Gasteiger partial charge on any atom is -0.493 e. The van der Waals surface area contributed by atoms with Crippen molar-refractivity contribution < 1.29 is 23.8 Å². The Bertz CT molecular complexity index is 1230. The number of hydrogen-bond donors (Lipinski definition) is 2. The molecule has 0 saturated heterocycles. The molecule has 0 aliphatic carbocycles. The monoisotopic (exact) mass is 507 g/mol. The lowest BCUT2D eigenvalue weighted by Gasteiger charge is -2.26. The fourth-order valence-corrected chi connectivity index (χ4v) is 4.49. The SMILES string of the molecule is COC(=O)Nc1cc(-c2ccc(OCC(C)CC(C)CCC(C)(C)OC(N)=O)c3ccccc23)ccn1. The Morgan fingerprint density at radius 1 is 1.05 bits per heavy atom. The van der Waals surface area contributed by atoms with E-state index in [0.29, 0.717) is 24.3 Å². The number of ether oxygens (including phenoxy) is 3. The van der Waals surface area contributed by atoms with Crippen molar-refractivity contribution in [2.24, 2.45) is 17.6 Å². The molecule has 0 fully saturated rings. The fraction of sp³-hybridized carbons (Fsp3) is 0.414. The number of nitrogens with one attached hydrogen (secondary N) is 1. The molecule has 1 heterocycles. The van der Waals surface area contributed by atoms with Crippen LogP contribution in [-0.4, -0.2) is 36.5 Å². The van der Waals surface area contributed by atoms with E-state index in [2.05, 4.69) is 41.0 Å². The van der Waals surface area contributed by atoms with E-state index < -0.39 is 17.8 Å². The van der Waals surface area contributed by atoms with Crippen LogP contribution in [0.5, 0.6) is 5.75 Å². The number of pyridine rings is 1. The van der Waals surface area contributed by atoms with Crippen molar-refractivity contribution in [3.8, 4) is 16.9 Å². The van der Waals surface area contributed by atoms with Crippen LogP contribution < -0.4 is 15.8 Å². The van der Waals surface area contributed by atoms with Crippen LogP contribution in [0.4, 0.5) is 15.4 Å². The molecule has 198 valence electrons. The van der Waals surface area contributed by atoms with Crippen LogP contribution in [0.25, 0.3) is 21.9 Å². The first kappa shape index (κ1) is 27.8. The van der Waals surface area contributed by atoms with Crippen molar-refractivity contribution in [1.29, 1.82) is 0 Å². The van der Waals surface area contributed by atoms with E-state index in [1.807, 2.05) is 50.2 Å². The molecule has 0 aliphatic heterocycles. The Labute approximate surface area is 218 Å². The number of aromatic nitrogens is 1. The second kappa shape index (κ2) is 12.4. The van der Waals surface area contributed by atoms with Crippen LogP contribution in [0, 0.1) is 11.8 Å². The molecular formula is C29H37N3O5. The largest absolute Gasteiger partial charge is 0.493 e. The quantitative estimate of drug-likeness (QED) is 0.296. The molecule has 0 aliphatic rings. The first-order valence-electron chi connectivity index (χ1n) is 12.5. The topological polar surface area (TPSA) is 113 Å². The maximum absolute atomic E-state index is 11.6. The molecule has 37 heavy (non-hydrogen) atoms. The van der Waals surface area contributed by atoms with E-state index in [-0.39, 0.29) is 0 Å². The number of primary amides is 1. The number of amides is 2. The second-order valence-corrected chi connectivity index (χ2v) is 10.2. The standard InChI is InChI=1S/C29H37N3O5/c1-19(12-14-29(3,4)37-27(30)33)16-20(2)18-36-25-11-10-22(23-8-6-7-9-24(23)25)21-13-15-31-26(17-21)32-28(34)35-5/h6-11,13,15,17,19-20H,12,14,16,18H2,1-5H3,(H2,30,33)(H,31,32,34). The van der Waals surface area contributed by atoms with Crippen molar-refractivity contribution in [3.63, 3.8) is 0 Å². The summed E-state index contributed by atoms with van der Waals surface area (Å²) in [6.07, 6.45) is 3.03. The lowest BCUT2D eigenvalue weighted by molar-refractivity contribution is 0.0338.